The van der Waals surface area contributed by atoms with E-state index >= 15 is 0 Å². The van der Waals surface area contributed by atoms with E-state index in [1.165, 1.54) is 6.07 Å². The maximum atomic E-state index is 13.3. The van der Waals surface area contributed by atoms with Crippen molar-refractivity contribution in [3.8, 4) is 0 Å². The summed E-state index contributed by atoms with van der Waals surface area (Å²) < 4.78 is 45.3. The number of nitrogens with one attached hydrogen (secondary N) is 1. The fourth-order valence-corrected chi connectivity index (χ4v) is 6.37. The number of amides is 3. The topological polar surface area (TPSA) is 87.7 Å². The standard InChI is InChI=1S/C23H28F3N5O3/c24-23(25,26)22(4-5-22)18-2-1-15(28-29-18)7-14-8-21(9-14)12-31(13-21)20(33)30-6-3-17-16(10-30)27-19(32)11-34-17/h1-2,14,16-17H,3-13H2,(H,27,32)/t16-,17+/m1/s1. The maximum Gasteiger partial charge on any atom is 0.400 e. The molecule has 3 aliphatic heterocycles. The van der Waals surface area contributed by atoms with Crippen molar-refractivity contribution in [2.24, 2.45) is 11.3 Å². The zero-order valence-corrected chi connectivity index (χ0v) is 18.8. The number of fused-ring (bicyclic) bond motifs is 1. The van der Waals surface area contributed by atoms with Gasteiger partial charge in [0.25, 0.3) is 0 Å². The van der Waals surface area contributed by atoms with Crippen LogP contribution in [0.15, 0.2) is 12.1 Å². The Morgan fingerprint density at radius 2 is 1.94 bits per heavy atom. The highest BCUT2D eigenvalue weighted by molar-refractivity contribution is 5.79. The molecule has 34 heavy (non-hydrogen) atoms. The van der Waals surface area contributed by atoms with E-state index in [-0.39, 0.29) is 54.6 Å². The van der Waals surface area contributed by atoms with Crippen molar-refractivity contribution in [1.82, 2.24) is 25.3 Å². The van der Waals surface area contributed by atoms with E-state index in [2.05, 4.69) is 15.5 Å². The van der Waals surface area contributed by atoms with Gasteiger partial charge in [-0.2, -0.15) is 23.4 Å². The zero-order chi connectivity index (χ0) is 23.7. The molecule has 1 aromatic rings. The molecule has 11 heteroatoms. The van der Waals surface area contributed by atoms with Gasteiger partial charge in [0.2, 0.25) is 5.91 Å². The number of carbonyl (C=O) groups excluding carboxylic acids is 2. The number of piperidine rings is 1. The number of carbonyl (C=O) groups is 2. The summed E-state index contributed by atoms with van der Waals surface area (Å²) in [5, 5.41) is 10.9. The van der Waals surface area contributed by atoms with Crippen LogP contribution in [0.25, 0.3) is 0 Å². The van der Waals surface area contributed by atoms with E-state index in [1.54, 1.807) is 6.07 Å². The number of ether oxygens (including phenoxy) is 1. The normalized spacial score (nSPS) is 29.7. The molecular formula is C23H28F3N5O3. The highest BCUT2D eigenvalue weighted by Crippen LogP contribution is 2.58. The molecule has 1 spiro atoms. The second kappa shape index (κ2) is 7.53. The van der Waals surface area contributed by atoms with Crippen LogP contribution >= 0.6 is 0 Å². The SMILES string of the molecule is O=C1CO[C@H]2CCN(C(=O)N3CC4(CC(Cc5ccc(C6(C(F)(F)F)CC6)nn5)C4)C3)C[C@H]2N1. The first kappa shape index (κ1) is 22.1. The number of alkyl halides is 3. The highest BCUT2D eigenvalue weighted by Gasteiger charge is 2.65. The van der Waals surface area contributed by atoms with Gasteiger partial charge in [0.05, 0.1) is 23.5 Å². The third kappa shape index (κ3) is 3.63. The van der Waals surface area contributed by atoms with Crippen molar-refractivity contribution in [2.75, 3.05) is 32.8 Å². The summed E-state index contributed by atoms with van der Waals surface area (Å²) in [6.45, 7) is 2.66. The van der Waals surface area contributed by atoms with Gasteiger partial charge in [-0.15, -0.1) is 0 Å². The van der Waals surface area contributed by atoms with Gasteiger partial charge in [0.1, 0.15) is 12.0 Å². The van der Waals surface area contributed by atoms with Gasteiger partial charge in [-0.25, -0.2) is 4.79 Å². The number of likely N-dealkylation sites (tertiary alicyclic amines) is 2. The summed E-state index contributed by atoms with van der Waals surface area (Å²) in [7, 11) is 0. The van der Waals surface area contributed by atoms with E-state index in [9.17, 15) is 22.8 Å². The predicted molar refractivity (Wildman–Crippen MR) is 113 cm³/mol. The zero-order valence-electron chi connectivity index (χ0n) is 18.8. The molecule has 6 rings (SSSR count). The lowest BCUT2D eigenvalue weighted by atomic mass is 9.57. The third-order valence-electron chi connectivity index (χ3n) is 8.36. The van der Waals surface area contributed by atoms with Crippen molar-refractivity contribution < 1.29 is 27.5 Å². The first-order valence-corrected chi connectivity index (χ1v) is 12.0. The highest BCUT2D eigenvalue weighted by atomic mass is 19.4. The largest absolute Gasteiger partial charge is 0.400 e. The van der Waals surface area contributed by atoms with E-state index < -0.39 is 11.6 Å². The molecule has 8 nitrogen and oxygen atoms in total. The van der Waals surface area contributed by atoms with Crippen LogP contribution < -0.4 is 5.32 Å². The number of nitrogens with zero attached hydrogens (tertiary/aromatic N) is 4. The number of halogens is 3. The molecule has 4 heterocycles. The van der Waals surface area contributed by atoms with Crippen LogP contribution in [0.1, 0.15) is 43.5 Å². The summed E-state index contributed by atoms with van der Waals surface area (Å²) in [4.78, 5) is 28.2. The molecule has 3 saturated heterocycles. The second-order valence-corrected chi connectivity index (χ2v) is 10.9. The maximum absolute atomic E-state index is 13.3. The lowest BCUT2D eigenvalue weighted by Gasteiger charge is -2.60. The van der Waals surface area contributed by atoms with E-state index in [1.807, 2.05) is 9.80 Å². The van der Waals surface area contributed by atoms with Gasteiger partial charge < -0.3 is 19.9 Å². The van der Waals surface area contributed by atoms with E-state index in [0.717, 1.165) is 38.0 Å². The minimum Gasteiger partial charge on any atom is -0.366 e. The fraction of sp³-hybridized carbons (Fsp3) is 0.739. The average Bonchev–Trinajstić information content (AvgIpc) is 3.56. The Morgan fingerprint density at radius 3 is 2.59 bits per heavy atom. The lowest BCUT2D eigenvalue weighted by Crippen LogP contribution is -2.68. The van der Waals surface area contributed by atoms with Crippen molar-refractivity contribution in [3.05, 3.63) is 23.5 Å². The molecule has 5 aliphatic rings. The Morgan fingerprint density at radius 1 is 1.18 bits per heavy atom. The minimum atomic E-state index is -4.27. The fourth-order valence-electron chi connectivity index (χ4n) is 6.37. The smallest absolute Gasteiger partial charge is 0.366 e. The Balaban J connectivity index is 0.972. The number of morpholine rings is 1. The summed E-state index contributed by atoms with van der Waals surface area (Å²) in [6, 6.07) is 3.06. The van der Waals surface area contributed by atoms with Crippen molar-refractivity contribution >= 4 is 11.9 Å². The number of rotatable bonds is 3. The number of hydrogen-bond donors (Lipinski definition) is 1. The molecule has 1 N–H and O–H groups in total. The summed E-state index contributed by atoms with van der Waals surface area (Å²) in [5.41, 5.74) is -0.868. The van der Waals surface area contributed by atoms with Crippen LogP contribution in [-0.2, 0) is 21.4 Å². The Kier molecular flexibility index (Phi) is 4.89. The Labute approximate surface area is 195 Å². The second-order valence-electron chi connectivity index (χ2n) is 10.9. The number of aromatic nitrogens is 2. The van der Waals surface area contributed by atoms with Crippen LogP contribution in [0, 0.1) is 11.3 Å². The molecule has 0 aromatic carbocycles. The van der Waals surface area contributed by atoms with Crippen LogP contribution in [-0.4, -0.2) is 83.0 Å². The van der Waals surface area contributed by atoms with Crippen molar-refractivity contribution in [3.63, 3.8) is 0 Å². The molecule has 3 amide bonds. The molecule has 184 valence electrons. The van der Waals surface area contributed by atoms with Crippen LogP contribution in [0.4, 0.5) is 18.0 Å². The van der Waals surface area contributed by atoms with Crippen LogP contribution in [0.3, 0.4) is 0 Å². The van der Waals surface area contributed by atoms with Crippen molar-refractivity contribution in [1.29, 1.82) is 0 Å². The molecule has 5 fully saturated rings. The minimum absolute atomic E-state index is 0.0164. The third-order valence-corrected chi connectivity index (χ3v) is 8.36. The van der Waals surface area contributed by atoms with Gasteiger partial charge in [0, 0.05) is 31.6 Å². The number of hydrogen-bond acceptors (Lipinski definition) is 5. The van der Waals surface area contributed by atoms with Crippen LogP contribution in [0.2, 0.25) is 0 Å². The molecule has 2 atom stereocenters. The Bertz CT molecular complexity index is 983. The summed E-state index contributed by atoms with van der Waals surface area (Å²) in [5.74, 6) is 0.283. The van der Waals surface area contributed by atoms with Crippen molar-refractivity contribution in [2.45, 2.75) is 62.3 Å². The van der Waals surface area contributed by atoms with E-state index in [4.69, 9.17) is 4.74 Å². The molecule has 1 aromatic heterocycles. The summed E-state index contributed by atoms with van der Waals surface area (Å²) >= 11 is 0. The average molecular weight is 480 g/mol. The quantitative estimate of drug-likeness (QED) is 0.717. The first-order chi connectivity index (χ1) is 16.2. The van der Waals surface area contributed by atoms with Gasteiger partial charge >= 0.3 is 12.2 Å². The summed E-state index contributed by atoms with van der Waals surface area (Å²) in [6.07, 6.45) is -0.707. The molecule has 0 unspecified atom stereocenters. The Hall–Kier alpha value is -2.43. The van der Waals surface area contributed by atoms with Gasteiger partial charge in [-0.1, -0.05) is 0 Å². The molecule has 0 radical (unpaired) electrons. The molecule has 0 bridgehead atoms. The lowest BCUT2D eigenvalue weighted by molar-refractivity contribution is -0.161. The molecular weight excluding hydrogens is 451 g/mol. The van der Waals surface area contributed by atoms with Gasteiger partial charge in [0.15, 0.2) is 0 Å². The number of urea groups is 1. The molecule has 2 saturated carbocycles. The van der Waals surface area contributed by atoms with Gasteiger partial charge in [-0.05, 0) is 56.6 Å². The monoisotopic (exact) mass is 479 g/mol. The van der Waals surface area contributed by atoms with E-state index in [0.29, 0.717) is 25.4 Å². The van der Waals surface area contributed by atoms with Crippen LogP contribution in [0.5, 0.6) is 0 Å². The van der Waals surface area contributed by atoms with Gasteiger partial charge in [-0.3, -0.25) is 4.79 Å². The molecule has 2 aliphatic carbocycles. The first-order valence-electron chi connectivity index (χ1n) is 12.0. The predicted octanol–water partition coefficient (Wildman–Crippen LogP) is 2.03.